The first-order chi connectivity index (χ1) is 13.9. The third kappa shape index (κ3) is 4.34. The molecule has 0 saturated heterocycles. The molecule has 152 valence electrons. The van der Waals surface area contributed by atoms with Gasteiger partial charge in [-0.3, -0.25) is 14.3 Å². The third-order valence-corrected chi connectivity index (χ3v) is 7.25. The quantitative estimate of drug-likeness (QED) is 0.781. The van der Waals surface area contributed by atoms with Crippen LogP contribution in [0.15, 0.2) is 59.5 Å². The number of benzene rings is 2. The number of Topliss-reactive ketones (excluding diaryl/α,β-unsaturated/α-hetero) is 1. The Balaban J connectivity index is 1.44. The van der Waals surface area contributed by atoms with Gasteiger partial charge in [-0.05, 0) is 56.0 Å². The highest BCUT2D eigenvalue weighted by Crippen LogP contribution is 2.40. The van der Waals surface area contributed by atoms with Crippen molar-refractivity contribution >= 4 is 33.1 Å². The summed E-state index contributed by atoms with van der Waals surface area (Å²) in [6.45, 7) is 0. The lowest BCUT2D eigenvalue weighted by Crippen LogP contribution is -2.40. The Morgan fingerprint density at radius 1 is 0.897 bits per heavy atom. The van der Waals surface area contributed by atoms with E-state index in [0.29, 0.717) is 30.0 Å². The molecule has 2 aliphatic carbocycles. The Morgan fingerprint density at radius 2 is 1.55 bits per heavy atom. The molecule has 2 aromatic rings. The topological polar surface area (TPSA) is 92.3 Å². The van der Waals surface area contributed by atoms with E-state index in [4.69, 9.17) is 0 Å². The fraction of sp³-hybridized carbons (Fsp3) is 0.364. The lowest BCUT2D eigenvalue weighted by molar-refractivity contribution is -0.136. The van der Waals surface area contributed by atoms with Gasteiger partial charge >= 0.3 is 0 Å². The molecule has 0 aromatic heterocycles. The highest BCUT2D eigenvalue weighted by molar-refractivity contribution is 7.92. The van der Waals surface area contributed by atoms with Gasteiger partial charge in [0, 0.05) is 23.4 Å². The minimum absolute atomic E-state index is 0.0160. The monoisotopic (exact) mass is 412 g/mol. The molecule has 0 aliphatic heterocycles. The minimum atomic E-state index is -3.70. The van der Waals surface area contributed by atoms with E-state index in [-0.39, 0.29) is 28.6 Å². The minimum Gasteiger partial charge on any atom is -0.326 e. The predicted octanol–water partition coefficient (Wildman–Crippen LogP) is 3.82. The van der Waals surface area contributed by atoms with Crippen LogP contribution in [0.25, 0.3) is 0 Å². The molecule has 7 heteroatoms. The summed E-state index contributed by atoms with van der Waals surface area (Å²) in [4.78, 5) is 25.2. The van der Waals surface area contributed by atoms with Crippen molar-refractivity contribution in [3.05, 3.63) is 54.6 Å². The SMILES string of the molecule is O=C(Nc1cccc(NS(=O)(=O)c2ccccc2)c1)C1CC2CCCC(C1)C2=O. The van der Waals surface area contributed by atoms with Crippen molar-refractivity contribution in [2.24, 2.45) is 17.8 Å². The van der Waals surface area contributed by atoms with E-state index in [1.165, 1.54) is 12.1 Å². The molecular formula is C22H24N2O4S. The maximum absolute atomic E-state index is 12.8. The highest BCUT2D eigenvalue weighted by atomic mass is 32.2. The number of rotatable bonds is 5. The first-order valence-corrected chi connectivity index (χ1v) is 11.4. The van der Waals surface area contributed by atoms with Gasteiger partial charge in [0.2, 0.25) is 5.91 Å². The zero-order valence-electron chi connectivity index (χ0n) is 16.0. The van der Waals surface area contributed by atoms with Crippen molar-refractivity contribution in [2.75, 3.05) is 10.0 Å². The highest BCUT2D eigenvalue weighted by Gasteiger charge is 2.41. The number of nitrogens with one attached hydrogen (secondary N) is 2. The number of sulfonamides is 1. The number of amides is 1. The van der Waals surface area contributed by atoms with E-state index in [1.54, 1.807) is 42.5 Å². The summed E-state index contributed by atoms with van der Waals surface area (Å²) in [6.07, 6.45) is 4.06. The summed E-state index contributed by atoms with van der Waals surface area (Å²) in [5.74, 6) is 0.0901. The van der Waals surface area contributed by atoms with Crippen LogP contribution in [0.4, 0.5) is 11.4 Å². The first-order valence-electron chi connectivity index (χ1n) is 9.95. The van der Waals surface area contributed by atoms with Crippen LogP contribution in [0.2, 0.25) is 0 Å². The Hall–Kier alpha value is -2.67. The smallest absolute Gasteiger partial charge is 0.261 e. The van der Waals surface area contributed by atoms with E-state index >= 15 is 0 Å². The Labute approximate surface area is 170 Å². The van der Waals surface area contributed by atoms with Crippen LogP contribution in [0, 0.1) is 17.8 Å². The fourth-order valence-electron chi connectivity index (χ4n) is 4.41. The molecule has 2 fully saturated rings. The van der Waals surface area contributed by atoms with Gasteiger partial charge in [0.1, 0.15) is 5.78 Å². The average Bonchev–Trinajstić information content (AvgIpc) is 2.68. The number of hydrogen-bond donors (Lipinski definition) is 2. The zero-order valence-corrected chi connectivity index (χ0v) is 16.8. The molecule has 4 rings (SSSR count). The van der Waals surface area contributed by atoms with Crippen LogP contribution in [-0.4, -0.2) is 20.1 Å². The molecular weight excluding hydrogens is 388 g/mol. The van der Waals surface area contributed by atoms with E-state index in [2.05, 4.69) is 10.0 Å². The second-order valence-electron chi connectivity index (χ2n) is 7.88. The van der Waals surface area contributed by atoms with E-state index in [9.17, 15) is 18.0 Å². The van der Waals surface area contributed by atoms with Crippen molar-refractivity contribution in [1.82, 2.24) is 0 Å². The summed E-state index contributed by atoms with van der Waals surface area (Å²) >= 11 is 0. The summed E-state index contributed by atoms with van der Waals surface area (Å²) in [5.41, 5.74) is 0.910. The predicted molar refractivity (Wildman–Crippen MR) is 111 cm³/mol. The Morgan fingerprint density at radius 3 is 2.24 bits per heavy atom. The Bertz CT molecular complexity index is 1000. The normalized spacial score (nSPS) is 24.0. The number of carbonyl (C=O) groups is 2. The van der Waals surface area contributed by atoms with Crippen LogP contribution in [0.1, 0.15) is 32.1 Å². The zero-order chi connectivity index (χ0) is 20.4. The number of anilines is 2. The fourth-order valence-corrected chi connectivity index (χ4v) is 5.48. The van der Waals surface area contributed by atoms with Gasteiger partial charge in [0.25, 0.3) is 10.0 Å². The number of fused-ring (bicyclic) bond motifs is 2. The maximum atomic E-state index is 12.8. The van der Waals surface area contributed by atoms with Gasteiger partial charge in [-0.25, -0.2) is 8.42 Å². The maximum Gasteiger partial charge on any atom is 0.261 e. The number of ketones is 1. The molecule has 2 aliphatic rings. The Kier molecular flexibility index (Phi) is 5.41. The summed E-state index contributed by atoms with van der Waals surface area (Å²) < 4.78 is 27.5. The van der Waals surface area contributed by atoms with Crippen molar-refractivity contribution in [3.63, 3.8) is 0 Å². The molecule has 29 heavy (non-hydrogen) atoms. The van der Waals surface area contributed by atoms with Gasteiger partial charge < -0.3 is 5.32 Å². The van der Waals surface area contributed by atoms with Gasteiger partial charge in [-0.15, -0.1) is 0 Å². The van der Waals surface area contributed by atoms with Crippen LogP contribution in [-0.2, 0) is 19.6 Å². The van der Waals surface area contributed by atoms with Gasteiger partial charge in [-0.1, -0.05) is 30.7 Å². The molecule has 1 amide bonds. The first kappa shape index (κ1) is 19.6. The van der Waals surface area contributed by atoms with Gasteiger partial charge in [0.05, 0.1) is 10.6 Å². The number of carbonyl (C=O) groups excluding carboxylic acids is 2. The molecule has 2 N–H and O–H groups in total. The van der Waals surface area contributed by atoms with Crippen LogP contribution in [0.5, 0.6) is 0 Å². The summed E-state index contributed by atoms with van der Waals surface area (Å²) in [7, 11) is -3.70. The van der Waals surface area contributed by atoms with Crippen molar-refractivity contribution in [3.8, 4) is 0 Å². The second kappa shape index (κ2) is 7.99. The van der Waals surface area contributed by atoms with Crippen molar-refractivity contribution in [2.45, 2.75) is 37.0 Å². The standard InChI is InChI=1S/C22H24N2O4S/c25-21-15-6-4-7-16(21)13-17(12-15)22(26)23-18-8-5-9-19(14-18)24-29(27,28)20-10-2-1-3-11-20/h1-3,5,8-11,14-17,24H,4,6-7,12-13H2,(H,23,26). The average molecular weight is 413 g/mol. The third-order valence-electron chi connectivity index (χ3n) is 5.85. The molecule has 2 bridgehead atoms. The van der Waals surface area contributed by atoms with Crippen LogP contribution < -0.4 is 10.0 Å². The molecule has 2 atom stereocenters. The largest absolute Gasteiger partial charge is 0.326 e. The summed E-state index contributed by atoms with van der Waals surface area (Å²) in [5, 5.41) is 2.90. The molecule has 0 spiro atoms. The lowest BCUT2D eigenvalue weighted by Gasteiger charge is -2.36. The molecule has 2 saturated carbocycles. The number of hydrogen-bond acceptors (Lipinski definition) is 4. The van der Waals surface area contributed by atoms with Crippen molar-refractivity contribution in [1.29, 1.82) is 0 Å². The van der Waals surface area contributed by atoms with E-state index in [0.717, 1.165) is 19.3 Å². The van der Waals surface area contributed by atoms with Gasteiger partial charge in [0.15, 0.2) is 0 Å². The summed E-state index contributed by atoms with van der Waals surface area (Å²) in [6, 6.07) is 14.8. The van der Waals surface area contributed by atoms with E-state index < -0.39 is 10.0 Å². The second-order valence-corrected chi connectivity index (χ2v) is 9.57. The molecule has 0 radical (unpaired) electrons. The van der Waals surface area contributed by atoms with Gasteiger partial charge in [-0.2, -0.15) is 0 Å². The van der Waals surface area contributed by atoms with Crippen molar-refractivity contribution < 1.29 is 18.0 Å². The molecule has 0 heterocycles. The lowest BCUT2D eigenvalue weighted by atomic mass is 9.67. The molecule has 2 aromatic carbocycles. The molecule has 2 unspecified atom stereocenters. The van der Waals surface area contributed by atoms with Crippen LogP contribution >= 0.6 is 0 Å². The van der Waals surface area contributed by atoms with E-state index in [1.807, 2.05) is 0 Å². The molecule has 6 nitrogen and oxygen atoms in total. The van der Waals surface area contributed by atoms with Crippen LogP contribution in [0.3, 0.4) is 0 Å².